The Balaban J connectivity index is 1.41. The topological polar surface area (TPSA) is 104 Å². The van der Waals surface area contributed by atoms with Crippen molar-refractivity contribution in [1.82, 2.24) is 15.0 Å². The van der Waals surface area contributed by atoms with Crippen LogP contribution in [0, 0.1) is 6.92 Å². The first kappa shape index (κ1) is 20.0. The van der Waals surface area contributed by atoms with Gasteiger partial charge in [-0.3, -0.25) is 4.98 Å². The molecular weight excluding hydrogens is 382 g/mol. The van der Waals surface area contributed by atoms with E-state index in [1.807, 2.05) is 31.2 Å². The van der Waals surface area contributed by atoms with E-state index in [1.54, 1.807) is 20.3 Å². The number of hydrogen-bond acceptors (Lipinski definition) is 8. The molecule has 0 spiro atoms. The maximum atomic E-state index is 6.34. The molecule has 1 aromatic carbocycles. The van der Waals surface area contributed by atoms with E-state index >= 15 is 0 Å². The molecule has 3 N–H and O–H groups in total. The van der Waals surface area contributed by atoms with Crippen LogP contribution in [0.4, 0.5) is 11.6 Å². The summed E-state index contributed by atoms with van der Waals surface area (Å²) in [6.45, 7) is 1.94. The molecule has 0 amide bonds. The molecular formula is C22H27N5O3. The smallest absolute Gasteiger partial charge is 0.229 e. The molecule has 1 saturated carbocycles. The van der Waals surface area contributed by atoms with E-state index in [9.17, 15) is 0 Å². The third-order valence-corrected chi connectivity index (χ3v) is 5.35. The van der Waals surface area contributed by atoms with Crippen molar-refractivity contribution < 1.29 is 14.2 Å². The Morgan fingerprint density at radius 1 is 0.967 bits per heavy atom. The minimum absolute atomic E-state index is 0.134. The van der Waals surface area contributed by atoms with Gasteiger partial charge in [0.1, 0.15) is 5.75 Å². The normalized spacial score (nSPS) is 18.8. The summed E-state index contributed by atoms with van der Waals surface area (Å²) >= 11 is 0. The van der Waals surface area contributed by atoms with Gasteiger partial charge in [-0.1, -0.05) is 6.07 Å². The van der Waals surface area contributed by atoms with Crippen molar-refractivity contribution >= 4 is 22.5 Å². The molecule has 30 heavy (non-hydrogen) atoms. The Hall–Kier alpha value is -3.29. The zero-order valence-corrected chi connectivity index (χ0v) is 17.5. The Bertz CT molecular complexity index is 1010. The highest BCUT2D eigenvalue weighted by Gasteiger charge is 2.24. The van der Waals surface area contributed by atoms with Gasteiger partial charge in [0.2, 0.25) is 17.7 Å². The number of hydrogen-bond donors (Lipinski definition) is 2. The van der Waals surface area contributed by atoms with Crippen molar-refractivity contribution in [2.75, 3.05) is 25.3 Å². The summed E-state index contributed by atoms with van der Waals surface area (Å²) < 4.78 is 16.8. The molecule has 1 aliphatic rings. The molecule has 158 valence electrons. The number of aromatic nitrogens is 3. The highest BCUT2D eigenvalue weighted by molar-refractivity contribution is 5.95. The van der Waals surface area contributed by atoms with E-state index in [4.69, 9.17) is 19.9 Å². The predicted molar refractivity (Wildman–Crippen MR) is 116 cm³/mol. The molecule has 1 aliphatic carbocycles. The molecule has 0 radical (unpaired) electrons. The zero-order valence-electron chi connectivity index (χ0n) is 17.5. The van der Waals surface area contributed by atoms with Crippen LogP contribution >= 0.6 is 0 Å². The molecule has 8 heteroatoms. The van der Waals surface area contributed by atoms with Gasteiger partial charge in [0.25, 0.3) is 0 Å². The van der Waals surface area contributed by atoms with Gasteiger partial charge in [0.15, 0.2) is 0 Å². The fourth-order valence-corrected chi connectivity index (χ4v) is 3.89. The third-order valence-electron chi connectivity index (χ3n) is 5.35. The quantitative estimate of drug-likeness (QED) is 0.634. The maximum Gasteiger partial charge on any atom is 0.229 e. The lowest BCUT2D eigenvalue weighted by atomic mass is 9.93. The first-order valence-corrected chi connectivity index (χ1v) is 10.1. The van der Waals surface area contributed by atoms with E-state index in [0.717, 1.165) is 48.0 Å². The van der Waals surface area contributed by atoms with E-state index in [-0.39, 0.29) is 12.1 Å². The van der Waals surface area contributed by atoms with Gasteiger partial charge < -0.3 is 25.3 Å². The van der Waals surface area contributed by atoms with Crippen molar-refractivity contribution in [2.45, 2.75) is 44.8 Å². The fraction of sp³-hybridized carbons (Fsp3) is 0.409. The molecule has 0 atom stereocenters. The molecule has 0 unspecified atom stereocenters. The SMILES string of the molecule is COc1cc(OC)nc(N[C@H]2CC[C@H](Oc3cccc4nc(C)cc(N)c34)CC2)n1. The monoisotopic (exact) mass is 409 g/mol. The first-order valence-electron chi connectivity index (χ1n) is 10.1. The largest absolute Gasteiger partial charge is 0.490 e. The molecule has 2 aromatic heterocycles. The number of nitrogens with two attached hydrogens (primary N) is 1. The Morgan fingerprint density at radius 2 is 1.67 bits per heavy atom. The number of pyridine rings is 1. The van der Waals surface area contributed by atoms with Crippen LogP contribution in [0.2, 0.25) is 0 Å². The summed E-state index contributed by atoms with van der Waals surface area (Å²) in [4.78, 5) is 13.3. The number of methoxy groups -OCH3 is 2. The number of nitrogens with one attached hydrogen (secondary N) is 1. The summed E-state index contributed by atoms with van der Waals surface area (Å²) in [5.74, 6) is 2.26. The lowest BCUT2D eigenvalue weighted by Gasteiger charge is -2.30. The van der Waals surface area contributed by atoms with Crippen molar-refractivity contribution in [2.24, 2.45) is 0 Å². The zero-order chi connectivity index (χ0) is 21.1. The van der Waals surface area contributed by atoms with E-state index in [2.05, 4.69) is 20.3 Å². The molecule has 1 fully saturated rings. The molecule has 8 nitrogen and oxygen atoms in total. The Morgan fingerprint density at radius 3 is 2.33 bits per heavy atom. The second kappa shape index (κ2) is 8.61. The lowest BCUT2D eigenvalue weighted by Crippen LogP contribution is -2.31. The van der Waals surface area contributed by atoms with E-state index < -0.39 is 0 Å². The van der Waals surface area contributed by atoms with Crippen molar-refractivity contribution in [1.29, 1.82) is 0 Å². The number of aryl methyl sites for hydroxylation is 1. The van der Waals surface area contributed by atoms with Gasteiger partial charge in [0.05, 0.1) is 37.3 Å². The molecule has 4 rings (SSSR count). The number of nitrogen functional groups attached to an aromatic ring is 1. The van der Waals surface area contributed by atoms with Crippen LogP contribution in [0.15, 0.2) is 30.3 Å². The van der Waals surface area contributed by atoms with E-state index in [0.29, 0.717) is 23.4 Å². The highest BCUT2D eigenvalue weighted by atomic mass is 16.5. The van der Waals surface area contributed by atoms with Crippen LogP contribution in [0.3, 0.4) is 0 Å². The van der Waals surface area contributed by atoms with Gasteiger partial charge >= 0.3 is 0 Å². The second-order valence-electron chi connectivity index (χ2n) is 7.52. The minimum atomic E-state index is 0.134. The average molecular weight is 409 g/mol. The molecule has 0 aliphatic heterocycles. The summed E-state index contributed by atoms with van der Waals surface area (Å²) in [6.07, 6.45) is 3.88. The van der Waals surface area contributed by atoms with Gasteiger partial charge in [-0.05, 0) is 50.8 Å². The minimum Gasteiger partial charge on any atom is -0.490 e. The first-order chi connectivity index (χ1) is 14.6. The van der Waals surface area contributed by atoms with Crippen molar-refractivity contribution in [3.05, 3.63) is 36.0 Å². The Labute approximate surface area is 175 Å². The number of fused-ring (bicyclic) bond motifs is 1. The van der Waals surface area contributed by atoms with Crippen molar-refractivity contribution in [3.63, 3.8) is 0 Å². The van der Waals surface area contributed by atoms with E-state index in [1.165, 1.54) is 0 Å². The van der Waals surface area contributed by atoms with Crippen LogP contribution in [0.25, 0.3) is 10.9 Å². The third kappa shape index (κ3) is 4.32. The van der Waals surface area contributed by atoms with Gasteiger partial charge in [0, 0.05) is 17.4 Å². The van der Waals surface area contributed by atoms with Crippen LogP contribution in [0.5, 0.6) is 17.5 Å². The number of benzene rings is 1. The lowest BCUT2D eigenvalue weighted by molar-refractivity contribution is 0.152. The van der Waals surface area contributed by atoms with Gasteiger partial charge in [-0.25, -0.2) is 0 Å². The fourth-order valence-electron chi connectivity index (χ4n) is 3.89. The summed E-state index contributed by atoms with van der Waals surface area (Å²) in [5.41, 5.74) is 8.72. The number of rotatable bonds is 6. The van der Waals surface area contributed by atoms with Gasteiger partial charge in [-0.15, -0.1) is 0 Å². The number of anilines is 2. The highest BCUT2D eigenvalue weighted by Crippen LogP contribution is 2.33. The van der Waals surface area contributed by atoms with Gasteiger partial charge in [-0.2, -0.15) is 9.97 Å². The molecule has 2 heterocycles. The molecule has 0 bridgehead atoms. The van der Waals surface area contributed by atoms with Crippen LogP contribution < -0.4 is 25.3 Å². The predicted octanol–water partition coefficient (Wildman–Crippen LogP) is 3.73. The summed E-state index contributed by atoms with van der Waals surface area (Å²) in [7, 11) is 3.15. The second-order valence-corrected chi connectivity index (χ2v) is 7.52. The summed E-state index contributed by atoms with van der Waals surface area (Å²) in [5, 5.41) is 4.28. The van der Waals surface area contributed by atoms with Crippen LogP contribution in [-0.4, -0.2) is 41.3 Å². The van der Waals surface area contributed by atoms with Crippen LogP contribution in [0.1, 0.15) is 31.4 Å². The van der Waals surface area contributed by atoms with Crippen LogP contribution in [-0.2, 0) is 0 Å². The maximum absolute atomic E-state index is 6.34. The number of nitrogens with zero attached hydrogens (tertiary/aromatic N) is 3. The van der Waals surface area contributed by atoms with Crippen molar-refractivity contribution in [3.8, 4) is 17.5 Å². The average Bonchev–Trinajstić information content (AvgIpc) is 2.74. The molecule has 3 aromatic rings. The number of ether oxygens (including phenoxy) is 3. The standard InChI is InChI=1S/C22H27N5O3/c1-13-11-16(23)21-17(24-13)5-4-6-18(21)30-15-9-7-14(8-10-15)25-22-26-19(28-2)12-20(27-22)29-3/h4-6,11-12,14-15H,7-10H2,1-3H3,(H2,23,24)(H,25,26,27)/t14-,15-. The summed E-state index contributed by atoms with van der Waals surface area (Å²) in [6, 6.07) is 9.71. The molecule has 0 saturated heterocycles. The Kier molecular flexibility index (Phi) is 5.74.